The molecule has 0 aliphatic heterocycles. The molecule has 3 rings (SSSR count). The summed E-state index contributed by atoms with van der Waals surface area (Å²) in [6.45, 7) is 6.69. The molecule has 0 aliphatic rings. The Labute approximate surface area is 167 Å². The predicted octanol–water partition coefficient (Wildman–Crippen LogP) is 5.64. The summed E-state index contributed by atoms with van der Waals surface area (Å²) < 4.78 is 35.6. The Kier molecular flexibility index (Phi) is 6.67. The molecule has 0 N–H and O–H groups in total. The molecule has 0 radical (unpaired) electrons. The van der Waals surface area contributed by atoms with E-state index >= 15 is 0 Å². The smallest absolute Gasteiger partial charge is 0.191 e. The molecule has 0 bridgehead atoms. The van der Waals surface area contributed by atoms with E-state index in [0.717, 1.165) is 0 Å². The zero-order chi connectivity index (χ0) is 20.1. The van der Waals surface area contributed by atoms with Crippen LogP contribution in [0.25, 0.3) is 0 Å². The summed E-state index contributed by atoms with van der Waals surface area (Å²) in [7, 11) is 0. The fraction of sp³-hybridized carbons (Fsp3) is 0.333. The molecule has 1 aromatic heterocycles. The van der Waals surface area contributed by atoms with Crippen molar-refractivity contribution in [1.29, 1.82) is 0 Å². The van der Waals surface area contributed by atoms with Crippen molar-refractivity contribution in [3.05, 3.63) is 71.6 Å². The van der Waals surface area contributed by atoms with Crippen LogP contribution in [0.15, 0.2) is 53.7 Å². The van der Waals surface area contributed by atoms with Crippen LogP contribution < -0.4 is 4.74 Å². The van der Waals surface area contributed by atoms with Crippen molar-refractivity contribution in [3.8, 4) is 5.75 Å². The largest absolute Gasteiger partial charge is 0.480 e. The quantitative estimate of drug-likeness (QED) is 0.456. The van der Waals surface area contributed by atoms with Crippen LogP contribution >= 0.6 is 11.8 Å². The first kappa shape index (κ1) is 20.3. The number of hydrogen-bond donors (Lipinski definition) is 0. The molecule has 4 nitrogen and oxygen atoms in total. The van der Waals surface area contributed by atoms with E-state index in [2.05, 4.69) is 24.0 Å². The summed E-state index contributed by atoms with van der Waals surface area (Å²) in [6.07, 6.45) is -0.481. The number of nitrogens with zero attached hydrogens (tertiary/aromatic N) is 3. The highest BCUT2D eigenvalue weighted by atomic mass is 32.2. The van der Waals surface area contributed by atoms with Gasteiger partial charge < -0.3 is 9.30 Å². The topological polar surface area (TPSA) is 39.9 Å². The Balaban J connectivity index is 1.81. The zero-order valence-electron chi connectivity index (χ0n) is 16.1. The lowest BCUT2D eigenvalue weighted by molar-refractivity contribution is 0.198. The molecule has 28 heavy (non-hydrogen) atoms. The molecule has 0 saturated carbocycles. The van der Waals surface area contributed by atoms with Crippen molar-refractivity contribution >= 4 is 11.8 Å². The van der Waals surface area contributed by atoms with Crippen LogP contribution in [0.4, 0.5) is 8.78 Å². The van der Waals surface area contributed by atoms with E-state index in [1.165, 1.54) is 23.9 Å². The van der Waals surface area contributed by atoms with Gasteiger partial charge in [-0.1, -0.05) is 55.9 Å². The molecule has 0 fully saturated rings. The van der Waals surface area contributed by atoms with Crippen molar-refractivity contribution in [1.82, 2.24) is 14.8 Å². The average Bonchev–Trinajstić information content (AvgIpc) is 3.05. The molecule has 1 atom stereocenters. The van der Waals surface area contributed by atoms with E-state index in [1.54, 1.807) is 30.3 Å². The van der Waals surface area contributed by atoms with E-state index < -0.39 is 11.9 Å². The van der Waals surface area contributed by atoms with Crippen molar-refractivity contribution in [2.45, 2.75) is 44.3 Å². The monoisotopic (exact) mass is 403 g/mol. The van der Waals surface area contributed by atoms with Gasteiger partial charge in [-0.25, -0.2) is 8.78 Å². The third-order valence-electron chi connectivity index (χ3n) is 4.11. The average molecular weight is 403 g/mol. The molecular formula is C21H23F2N3OS. The summed E-state index contributed by atoms with van der Waals surface area (Å²) in [5.41, 5.74) is 0.615. The number of para-hydroxylation sites is 1. The fourth-order valence-electron chi connectivity index (χ4n) is 2.79. The highest BCUT2D eigenvalue weighted by molar-refractivity contribution is 7.98. The van der Waals surface area contributed by atoms with Gasteiger partial charge in [0.25, 0.3) is 0 Å². The lowest BCUT2D eigenvalue weighted by Gasteiger charge is -2.18. The van der Waals surface area contributed by atoms with Gasteiger partial charge in [0, 0.05) is 12.3 Å². The van der Waals surface area contributed by atoms with Crippen LogP contribution in [0.3, 0.4) is 0 Å². The SMILES string of the molecule is CC(C)Cn1c(SCc2ccccc2F)nnc1C(C)Oc1ccccc1F. The van der Waals surface area contributed by atoms with Crippen molar-refractivity contribution < 1.29 is 13.5 Å². The highest BCUT2D eigenvalue weighted by Crippen LogP contribution is 2.28. The minimum Gasteiger partial charge on any atom is -0.480 e. The molecule has 0 amide bonds. The third kappa shape index (κ3) is 4.90. The Morgan fingerprint density at radius 2 is 1.64 bits per heavy atom. The lowest BCUT2D eigenvalue weighted by atomic mass is 10.2. The highest BCUT2D eigenvalue weighted by Gasteiger charge is 2.21. The summed E-state index contributed by atoms with van der Waals surface area (Å²) in [6, 6.07) is 13.0. The number of benzene rings is 2. The van der Waals surface area contributed by atoms with Crippen LogP contribution in [0, 0.1) is 17.6 Å². The molecule has 3 aromatic rings. The molecule has 0 aliphatic carbocycles. The van der Waals surface area contributed by atoms with Crippen molar-refractivity contribution in [2.24, 2.45) is 5.92 Å². The number of hydrogen-bond acceptors (Lipinski definition) is 4. The van der Waals surface area contributed by atoms with Gasteiger partial charge in [0.2, 0.25) is 0 Å². The van der Waals surface area contributed by atoms with Crippen LogP contribution in [-0.2, 0) is 12.3 Å². The Morgan fingerprint density at radius 1 is 0.964 bits per heavy atom. The maximum absolute atomic E-state index is 13.9. The van der Waals surface area contributed by atoms with Gasteiger partial charge in [0.15, 0.2) is 28.7 Å². The fourth-order valence-corrected chi connectivity index (χ4v) is 3.73. The van der Waals surface area contributed by atoms with Crippen molar-refractivity contribution in [2.75, 3.05) is 0 Å². The second kappa shape index (κ2) is 9.19. The molecule has 1 heterocycles. The first-order valence-corrected chi connectivity index (χ1v) is 10.1. The summed E-state index contributed by atoms with van der Waals surface area (Å²) in [5, 5.41) is 9.25. The second-order valence-electron chi connectivity index (χ2n) is 6.92. The Bertz CT molecular complexity index is 930. The minimum atomic E-state index is -0.481. The molecule has 7 heteroatoms. The van der Waals surface area contributed by atoms with Crippen molar-refractivity contribution in [3.63, 3.8) is 0 Å². The van der Waals surface area contributed by atoms with Gasteiger partial charge in [-0.3, -0.25) is 0 Å². The summed E-state index contributed by atoms with van der Waals surface area (Å²) >= 11 is 1.42. The molecule has 0 saturated heterocycles. The second-order valence-corrected chi connectivity index (χ2v) is 7.86. The minimum absolute atomic E-state index is 0.176. The molecule has 0 spiro atoms. The maximum atomic E-state index is 13.9. The number of ether oxygens (including phenoxy) is 1. The van der Waals surface area contributed by atoms with Gasteiger partial charge in [0.05, 0.1) is 0 Å². The maximum Gasteiger partial charge on any atom is 0.191 e. The Morgan fingerprint density at radius 3 is 2.32 bits per heavy atom. The number of aromatic nitrogens is 3. The van der Waals surface area contributed by atoms with Gasteiger partial charge in [0.1, 0.15) is 5.82 Å². The number of thioether (sulfide) groups is 1. The van der Waals surface area contributed by atoms with E-state index in [-0.39, 0.29) is 11.6 Å². The van der Waals surface area contributed by atoms with Crippen LogP contribution in [0.5, 0.6) is 5.75 Å². The normalized spacial score (nSPS) is 12.4. The third-order valence-corrected chi connectivity index (χ3v) is 5.13. The van der Waals surface area contributed by atoms with E-state index in [0.29, 0.717) is 34.8 Å². The van der Waals surface area contributed by atoms with Gasteiger partial charge in [-0.2, -0.15) is 0 Å². The molecule has 1 unspecified atom stereocenters. The Hall–Kier alpha value is -2.41. The molecule has 2 aromatic carbocycles. The number of halogens is 2. The number of rotatable bonds is 8. The molecule has 148 valence electrons. The first-order valence-electron chi connectivity index (χ1n) is 9.16. The van der Waals surface area contributed by atoms with E-state index in [9.17, 15) is 8.78 Å². The van der Waals surface area contributed by atoms with Crippen LogP contribution in [0.1, 0.15) is 38.3 Å². The summed E-state index contributed by atoms with van der Waals surface area (Å²) in [4.78, 5) is 0. The van der Waals surface area contributed by atoms with Gasteiger partial charge >= 0.3 is 0 Å². The van der Waals surface area contributed by atoms with E-state index in [4.69, 9.17) is 4.74 Å². The standard InChI is InChI=1S/C21H23F2N3OS/c1-14(2)12-26-20(15(3)27-19-11-7-6-10-18(19)23)24-25-21(26)28-13-16-8-4-5-9-17(16)22/h4-11,14-15H,12-13H2,1-3H3. The van der Waals surface area contributed by atoms with Gasteiger partial charge in [-0.15, -0.1) is 10.2 Å². The van der Waals surface area contributed by atoms with Crippen LogP contribution in [-0.4, -0.2) is 14.8 Å². The lowest BCUT2D eigenvalue weighted by Crippen LogP contribution is -2.15. The van der Waals surface area contributed by atoms with Crippen LogP contribution in [0.2, 0.25) is 0 Å². The first-order chi connectivity index (χ1) is 13.5. The zero-order valence-corrected chi connectivity index (χ0v) is 16.9. The molecular weight excluding hydrogens is 380 g/mol. The summed E-state index contributed by atoms with van der Waals surface area (Å²) in [5.74, 6) is 0.941. The van der Waals surface area contributed by atoms with E-state index in [1.807, 2.05) is 17.6 Å². The predicted molar refractivity (Wildman–Crippen MR) is 106 cm³/mol. The van der Waals surface area contributed by atoms with Gasteiger partial charge in [-0.05, 0) is 36.6 Å².